The van der Waals surface area contributed by atoms with Crippen molar-refractivity contribution in [2.24, 2.45) is 5.41 Å². The first kappa shape index (κ1) is 25.9. The molecule has 0 aliphatic rings. The third-order valence-corrected chi connectivity index (χ3v) is 6.37. The summed E-state index contributed by atoms with van der Waals surface area (Å²) in [6.07, 6.45) is 7.36. The summed E-state index contributed by atoms with van der Waals surface area (Å²) in [5, 5.41) is 20.4. The molecule has 0 saturated carbocycles. The van der Waals surface area contributed by atoms with E-state index in [1.165, 1.54) is 6.20 Å². The molecule has 37 heavy (non-hydrogen) atoms. The van der Waals surface area contributed by atoms with Gasteiger partial charge in [-0.2, -0.15) is 5.10 Å². The van der Waals surface area contributed by atoms with Gasteiger partial charge in [-0.3, -0.25) is 14.0 Å². The van der Waals surface area contributed by atoms with Gasteiger partial charge in [-0.25, -0.2) is 9.78 Å². The topological polar surface area (TPSA) is 117 Å². The molecule has 1 aromatic carbocycles. The summed E-state index contributed by atoms with van der Waals surface area (Å²) in [6.45, 7) is 7.36. The molecule has 0 atom stereocenters. The Morgan fingerprint density at radius 2 is 1.92 bits per heavy atom. The first-order chi connectivity index (χ1) is 17.7. The number of aryl methyl sites for hydroxylation is 1. The first-order valence-electron chi connectivity index (χ1n) is 12.3. The summed E-state index contributed by atoms with van der Waals surface area (Å²) in [6, 6.07) is 11.3. The van der Waals surface area contributed by atoms with E-state index in [-0.39, 0.29) is 24.0 Å². The van der Waals surface area contributed by atoms with Crippen LogP contribution in [0.5, 0.6) is 0 Å². The standard InChI is InChI=1S/C27H33N7O3/c1-5-32-17-20(16-30-32)25(36)31-24-15-22(8-11-29-24)33(13-10-27(2,3)18-35)21-6-7-23-19(14-21)9-12-34(23)26(37)28-4/h6-9,11-12,14-17,35H,5,10,13,18H2,1-4H3,(H,28,37)(H,29,31,36). The van der Waals surface area contributed by atoms with E-state index in [1.54, 1.807) is 34.9 Å². The zero-order valence-electron chi connectivity index (χ0n) is 21.6. The summed E-state index contributed by atoms with van der Waals surface area (Å²) in [4.78, 5) is 31.4. The Balaban J connectivity index is 1.66. The molecule has 4 aromatic rings. The predicted molar refractivity (Wildman–Crippen MR) is 144 cm³/mol. The van der Waals surface area contributed by atoms with Crippen LogP contribution in [0.3, 0.4) is 0 Å². The number of carbonyl (C=O) groups excluding carboxylic acids is 2. The molecule has 4 rings (SSSR count). The molecule has 194 valence electrons. The Hall–Kier alpha value is -4.18. The van der Waals surface area contributed by atoms with Crippen LogP contribution in [0.4, 0.5) is 22.0 Å². The Morgan fingerprint density at radius 3 is 2.62 bits per heavy atom. The molecule has 3 aromatic heterocycles. The zero-order valence-corrected chi connectivity index (χ0v) is 21.6. The van der Waals surface area contributed by atoms with Crippen molar-refractivity contribution in [1.82, 2.24) is 24.6 Å². The monoisotopic (exact) mass is 503 g/mol. The van der Waals surface area contributed by atoms with Crippen LogP contribution >= 0.6 is 0 Å². The smallest absolute Gasteiger partial charge is 0.325 e. The van der Waals surface area contributed by atoms with E-state index in [1.807, 2.05) is 57.2 Å². The van der Waals surface area contributed by atoms with Crippen LogP contribution in [0.2, 0.25) is 0 Å². The average molecular weight is 504 g/mol. The molecule has 0 aliphatic carbocycles. The molecule has 10 nitrogen and oxygen atoms in total. The average Bonchev–Trinajstić information content (AvgIpc) is 3.56. The number of fused-ring (bicyclic) bond motifs is 1. The van der Waals surface area contributed by atoms with Gasteiger partial charge in [0, 0.05) is 68.2 Å². The number of rotatable bonds is 9. The molecule has 0 saturated heterocycles. The second-order valence-corrected chi connectivity index (χ2v) is 9.65. The van der Waals surface area contributed by atoms with Crippen molar-refractivity contribution in [3.05, 3.63) is 66.7 Å². The minimum atomic E-state index is -0.283. The lowest BCUT2D eigenvalue weighted by molar-refractivity contribution is 0.102. The number of hydrogen-bond donors (Lipinski definition) is 3. The molecule has 2 amide bonds. The number of aromatic nitrogens is 4. The summed E-state index contributed by atoms with van der Waals surface area (Å²) in [5.74, 6) is 0.138. The SMILES string of the molecule is CCn1cc(C(=O)Nc2cc(N(CCC(C)(C)CO)c3ccc4c(ccn4C(=O)NC)c3)ccn2)cn1. The molecule has 0 unspecified atom stereocenters. The second-order valence-electron chi connectivity index (χ2n) is 9.65. The summed E-state index contributed by atoms with van der Waals surface area (Å²) in [5.41, 5.74) is 2.75. The summed E-state index contributed by atoms with van der Waals surface area (Å²) in [7, 11) is 1.60. The largest absolute Gasteiger partial charge is 0.396 e. The fourth-order valence-electron chi connectivity index (χ4n) is 3.99. The number of nitrogens with one attached hydrogen (secondary N) is 2. The van der Waals surface area contributed by atoms with E-state index in [9.17, 15) is 14.7 Å². The molecule has 0 spiro atoms. The molecule has 0 fully saturated rings. The van der Waals surface area contributed by atoms with E-state index in [0.29, 0.717) is 24.5 Å². The minimum absolute atomic E-state index is 0.0674. The number of benzene rings is 1. The summed E-state index contributed by atoms with van der Waals surface area (Å²) < 4.78 is 3.26. The van der Waals surface area contributed by atoms with E-state index >= 15 is 0 Å². The maximum absolute atomic E-state index is 12.7. The maximum Gasteiger partial charge on any atom is 0.325 e. The van der Waals surface area contributed by atoms with Crippen molar-refractivity contribution >= 4 is 40.0 Å². The van der Waals surface area contributed by atoms with Gasteiger partial charge >= 0.3 is 6.03 Å². The fourth-order valence-corrected chi connectivity index (χ4v) is 3.99. The van der Waals surface area contributed by atoms with Gasteiger partial charge in [-0.05, 0) is 49.1 Å². The van der Waals surface area contributed by atoms with Gasteiger partial charge in [-0.1, -0.05) is 13.8 Å². The Labute approximate surface area is 215 Å². The van der Waals surface area contributed by atoms with E-state index in [4.69, 9.17) is 0 Å². The number of anilines is 3. The highest BCUT2D eigenvalue weighted by atomic mass is 16.3. The number of pyridine rings is 1. The van der Waals surface area contributed by atoms with Crippen molar-refractivity contribution in [2.75, 3.05) is 30.4 Å². The number of aliphatic hydroxyl groups is 1. The van der Waals surface area contributed by atoms with Gasteiger partial charge in [0.15, 0.2) is 0 Å². The van der Waals surface area contributed by atoms with Gasteiger partial charge in [-0.15, -0.1) is 0 Å². The Morgan fingerprint density at radius 1 is 1.14 bits per heavy atom. The molecular weight excluding hydrogens is 470 g/mol. The Bertz CT molecular complexity index is 1410. The molecule has 0 aliphatic heterocycles. The zero-order chi connectivity index (χ0) is 26.6. The lowest BCUT2D eigenvalue weighted by Gasteiger charge is -2.30. The Kier molecular flexibility index (Phi) is 7.58. The van der Waals surface area contributed by atoms with Gasteiger partial charge in [0.1, 0.15) is 5.82 Å². The molecule has 0 bridgehead atoms. The van der Waals surface area contributed by atoms with Crippen molar-refractivity contribution in [1.29, 1.82) is 0 Å². The van der Waals surface area contributed by atoms with Gasteiger partial charge in [0.25, 0.3) is 5.91 Å². The highest BCUT2D eigenvalue weighted by molar-refractivity contribution is 6.03. The van der Waals surface area contributed by atoms with Crippen LogP contribution < -0.4 is 15.5 Å². The third-order valence-electron chi connectivity index (χ3n) is 6.37. The van der Waals surface area contributed by atoms with Gasteiger partial charge in [0.05, 0.1) is 17.3 Å². The fraction of sp³-hybridized carbons (Fsp3) is 0.333. The molecule has 3 heterocycles. The van der Waals surface area contributed by atoms with Gasteiger partial charge < -0.3 is 20.6 Å². The van der Waals surface area contributed by atoms with Gasteiger partial charge in [0.2, 0.25) is 0 Å². The number of hydrogen-bond acceptors (Lipinski definition) is 6. The quantitative estimate of drug-likeness (QED) is 0.315. The number of nitrogens with zero attached hydrogens (tertiary/aromatic N) is 5. The highest BCUT2D eigenvalue weighted by Crippen LogP contribution is 2.32. The molecule has 3 N–H and O–H groups in total. The van der Waals surface area contributed by atoms with Crippen molar-refractivity contribution in [3.8, 4) is 0 Å². The minimum Gasteiger partial charge on any atom is -0.396 e. The summed E-state index contributed by atoms with van der Waals surface area (Å²) >= 11 is 0. The number of aliphatic hydroxyl groups excluding tert-OH is 1. The number of carbonyl (C=O) groups is 2. The van der Waals surface area contributed by atoms with Crippen LogP contribution in [0.15, 0.2) is 61.2 Å². The molecule has 10 heteroatoms. The highest BCUT2D eigenvalue weighted by Gasteiger charge is 2.21. The predicted octanol–water partition coefficient (Wildman–Crippen LogP) is 4.24. The van der Waals surface area contributed by atoms with Crippen LogP contribution in [0.25, 0.3) is 10.9 Å². The number of amides is 2. The van der Waals surface area contributed by atoms with Crippen LogP contribution in [0, 0.1) is 5.41 Å². The van der Waals surface area contributed by atoms with E-state index in [2.05, 4.69) is 25.6 Å². The van der Waals surface area contributed by atoms with Crippen LogP contribution in [-0.4, -0.2) is 56.6 Å². The first-order valence-corrected chi connectivity index (χ1v) is 12.3. The van der Waals surface area contributed by atoms with Crippen molar-refractivity contribution < 1.29 is 14.7 Å². The molecule has 0 radical (unpaired) electrons. The second kappa shape index (κ2) is 10.8. The van der Waals surface area contributed by atoms with E-state index in [0.717, 1.165) is 28.7 Å². The van der Waals surface area contributed by atoms with Crippen LogP contribution in [-0.2, 0) is 6.54 Å². The van der Waals surface area contributed by atoms with Crippen LogP contribution in [0.1, 0.15) is 37.6 Å². The normalized spacial score (nSPS) is 11.5. The van der Waals surface area contributed by atoms with Crippen molar-refractivity contribution in [2.45, 2.75) is 33.7 Å². The maximum atomic E-state index is 12.7. The van der Waals surface area contributed by atoms with Crippen molar-refractivity contribution in [3.63, 3.8) is 0 Å². The lowest BCUT2D eigenvalue weighted by atomic mass is 9.90. The van der Waals surface area contributed by atoms with E-state index < -0.39 is 0 Å². The lowest BCUT2D eigenvalue weighted by Crippen LogP contribution is -2.26. The third kappa shape index (κ3) is 5.80. The molecular formula is C27H33N7O3.